The van der Waals surface area contributed by atoms with E-state index in [1.165, 1.54) is 6.20 Å². The maximum absolute atomic E-state index is 10.4. The average Bonchev–Trinajstić information content (AvgIpc) is 2.04. The SMILES string of the molecule is CCOc1cncc(CC(=O)O)c1. The van der Waals surface area contributed by atoms with E-state index >= 15 is 0 Å². The molecule has 1 N–H and O–H groups in total. The number of hydrogen-bond donors (Lipinski definition) is 1. The lowest BCUT2D eigenvalue weighted by atomic mass is 10.2. The molecular formula is C9H11NO3. The number of carbonyl (C=O) groups is 1. The quantitative estimate of drug-likeness (QED) is 0.755. The third kappa shape index (κ3) is 3.11. The van der Waals surface area contributed by atoms with Crippen molar-refractivity contribution in [3.63, 3.8) is 0 Å². The first-order valence-electron chi connectivity index (χ1n) is 4.01. The highest BCUT2D eigenvalue weighted by molar-refractivity contribution is 5.70. The van der Waals surface area contributed by atoms with Gasteiger partial charge in [0, 0.05) is 6.20 Å². The molecule has 1 rings (SSSR count). The van der Waals surface area contributed by atoms with Gasteiger partial charge in [-0.1, -0.05) is 0 Å². The summed E-state index contributed by atoms with van der Waals surface area (Å²) in [6, 6.07) is 1.69. The molecule has 1 heterocycles. The van der Waals surface area contributed by atoms with E-state index in [4.69, 9.17) is 9.84 Å². The van der Waals surface area contributed by atoms with Crippen molar-refractivity contribution in [3.05, 3.63) is 24.0 Å². The van der Waals surface area contributed by atoms with Gasteiger partial charge in [-0.25, -0.2) is 0 Å². The van der Waals surface area contributed by atoms with E-state index in [1.54, 1.807) is 12.3 Å². The number of pyridine rings is 1. The Morgan fingerprint density at radius 2 is 2.38 bits per heavy atom. The predicted octanol–water partition coefficient (Wildman–Crippen LogP) is 1.11. The average molecular weight is 181 g/mol. The number of nitrogens with zero attached hydrogens (tertiary/aromatic N) is 1. The van der Waals surface area contributed by atoms with Crippen molar-refractivity contribution in [1.29, 1.82) is 0 Å². The first-order chi connectivity index (χ1) is 6.22. The first kappa shape index (κ1) is 9.51. The van der Waals surface area contributed by atoms with Crippen LogP contribution in [0.25, 0.3) is 0 Å². The van der Waals surface area contributed by atoms with Gasteiger partial charge in [-0.2, -0.15) is 0 Å². The lowest BCUT2D eigenvalue weighted by Gasteiger charge is -2.03. The molecule has 4 nitrogen and oxygen atoms in total. The first-order valence-corrected chi connectivity index (χ1v) is 4.01. The fourth-order valence-corrected chi connectivity index (χ4v) is 0.981. The van der Waals surface area contributed by atoms with Crippen LogP contribution in [0.3, 0.4) is 0 Å². The van der Waals surface area contributed by atoms with Crippen LogP contribution >= 0.6 is 0 Å². The van der Waals surface area contributed by atoms with E-state index in [-0.39, 0.29) is 6.42 Å². The van der Waals surface area contributed by atoms with E-state index in [2.05, 4.69) is 4.98 Å². The third-order valence-corrected chi connectivity index (χ3v) is 1.44. The van der Waals surface area contributed by atoms with Gasteiger partial charge in [-0.05, 0) is 18.6 Å². The Bertz CT molecular complexity index is 299. The van der Waals surface area contributed by atoms with Crippen molar-refractivity contribution < 1.29 is 14.6 Å². The normalized spacial score (nSPS) is 9.62. The molecular weight excluding hydrogens is 170 g/mol. The second-order valence-corrected chi connectivity index (χ2v) is 2.53. The molecule has 0 atom stereocenters. The lowest BCUT2D eigenvalue weighted by Crippen LogP contribution is -2.01. The number of carboxylic acids is 1. The number of aromatic nitrogens is 1. The molecule has 0 aliphatic rings. The van der Waals surface area contributed by atoms with Gasteiger partial charge in [0.25, 0.3) is 0 Å². The van der Waals surface area contributed by atoms with E-state index in [9.17, 15) is 4.79 Å². The van der Waals surface area contributed by atoms with Crippen molar-refractivity contribution in [3.8, 4) is 5.75 Å². The largest absolute Gasteiger partial charge is 0.492 e. The summed E-state index contributed by atoms with van der Waals surface area (Å²) in [5.41, 5.74) is 0.651. The summed E-state index contributed by atoms with van der Waals surface area (Å²) in [6.07, 6.45) is 3.07. The molecule has 0 unspecified atom stereocenters. The van der Waals surface area contributed by atoms with Crippen molar-refractivity contribution >= 4 is 5.97 Å². The molecule has 0 radical (unpaired) electrons. The van der Waals surface area contributed by atoms with Crippen LogP contribution in [0.15, 0.2) is 18.5 Å². The van der Waals surface area contributed by atoms with Gasteiger partial charge < -0.3 is 9.84 Å². The van der Waals surface area contributed by atoms with Crippen LogP contribution < -0.4 is 4.74 Å². The summed E-state index contributed by atoms with van der Waals surface area (Å²) in [4.78, 5) is 14.2. The van der Waals surface area contributed by atoms with Crippen LogP contribution in [0.5, 0.6) is 5.75 Å². The van der Waals surface area contributed by atoms with Crippen molar-refractivity contribution in [2.45, 2.75) is 13.3 Å². The topological polar surface area (TPSA) is 59.4 Å². The highest BCUT2D eigenvalue weighted by Gasteiger charge is 2.01. The molecule has 0 bridgehead atoms. The maximum atomic E-state index is 10.4. The summed E-state index contributed by atoms with van der Waals surface area (Å²) >= 11 is 0. The van der Waals surface area contributed by atoms with E-state index in [0.717, 1.165) is 0 Å². The Kier molecular flexibility index (Phi) is 3.25. The Balaban J connectivity index is 2.73. The molecule has 1 aromatic rings. The van der Waals surface area contributed by atoms with Gasteiger partial charge in [0.1, 0.15) is 5.75 Å². The molecule has 0 spiro atoms. The van der Waals surface area contributed by atoms with Crippen molar-refractivity contribution in [2.75, 3.05) is 6.61 Å². The molecule has 0 aromatic carbocycles. The second kappa shape index (κ2) is 4.45. The summed E-state index contributed by atoms with van der Waals surface area (Å²) in [7, 11) is 0. The van der Waals surface area contributed by atoms with Gasteiger partial charge in [0.05, 0.1) is 19.2 Å². The second-order valence-electron chi connectivity index (χ2n) is 2.53. The molecule has 4 heteroatoms. The summed E-state index contributed by atoms with van der Waals surface area (Å²) < 4.78 is 5.17. The molecule has 13 heavy (non-hydrogen) atoms. The minimum atomic E-state index is -0.865. The molecule has 0 aliphatic heterocycles. The number of rotatable bonds is 4. The fraction of sp³-hybridized carbons (Fsp3) is 0.333. The van der Waals surface area contributed by atoms with Crippen LogP contribution in [0.2, 0.25) is 0 Å². The number of carboxylic acid groups (broad SMARTS) is 1. The van der Waals surface area contributed by atoms with Crippen LogP contribution in [0, 0.1) is 0 Å². The molecule has 0 amide bonds. The Hall–Kier alpha value is -1.58. The Morgan fingerprint density at radius 3 is 3.00 bits per heavy atom. The maximum Gasteiger partial charge on any atom is 0.307 e. The standard InChI is InChI=1S/C9H11NO3/c1-2-13-8-3-7(4-9(11)12)5-10-6-8/h3,5-6H,2,4H2,1H3,(H,11,12). The van der Waals surface area contributed by atoms with Gasteiger partial charge >= 0.3 is 5.97 Å². The van der Waals surface area contributed by atoms with Crippen molar-refractivity contribution in [2.24, 2.45) is 0 Å². The Labute approximate surface area is 76.2 Å². The molecule has 70 valence electrons. The van der Waals surface area contributed by atoms with Crippen molar-refractivity contribution in [1.82, 2.24) is 4.98 Å². The number of hydrogen-bond acceptors (Lipinski definition) is 3. The molecule has 0 fully saturated rings. The molecule has 0 saturated carbocycles. The molecule has 1 aromatic heterocycles. The number of ether oxygens (including phenoxy) is 1. The van der Waals surface area contributed by atoms with E-state index < -0.39 is 5.97 Å². The van der Waals surface area contributed by atoms with Gasteiger partial charge in [-0.15, -0.1) is 0 Å². The van der Waals surface area contributed by atoms with Crippen LogP contribution in [-0.4, -0.2) is 22.7 Å². The minimum Gasteiger partial charge on any atom is -0.492 e. The highest BCUT2D eigenvalue weighted by Crippen LogP contribution is 2.11. The van der Waals surface area contributed by atoms with Gasteiger partial charge in [0.15, 0.2) is 0 Å². The zero-order valence-corrected chi connectivity index (χ0v) is 7.36. The lowest BCUT2D eigenvalue weighted by molar-refractivity contribution is -0.136. The highest BCUT2D eigenvalue weighted by atomic mass is 16.5. The van der Waals surface area contributed by atoms with Crippen LogP contribution in [0.1, 0.15) is 12.5 Å². The summed E-state index contributed by atoms with van der Waals surface area (Å²) in [6.45, 7) is 2.42. The molecule has 0 aliphatic carbocycles. The van der Waals surface area contributed by atoms with E-state index in [0.29, 0.717) is 17.9 Å². The zero-order valence-electron chi connectivity index (χ0n) is 7.36. The third-order valence-electron chi connectivity index (χ3n) is 1.44. The van der Waals surface area contributed by atoms with Gasteiger partial charge in [0.2, 0.25) is 0 Å². The molecule has 0 saturated heterocycles. The summed E-state index contributed by atoms with van der Waals surface area (Å²) in [5.74, 6) is -0.253. The smallest absolute Gasteiger partial charge is 0.307 e. The Morgan fingerprint density at radius 1 is 1.62 bits per heavy atom. The monoisotopic (exact) mass is 181 g/mol. The zero-order chi connectivity index (χ0) is 9.68. The minimum absolute atomic E-state index is 0.0199. The van der Waals surface area contributed by atoms with E-state index in [1.807, 2.05) is 6.92 Å². The number of aliphatic carboxylic acids is 1. The predicted molar refractivity (Wildman–Crippen MR) is 46.7 cm³/mol. The summed E-state index contributed by atoms with van der Waals surface area (Å²) in [5, 5.41) is 8.52. The van der Waals surface area contributed by atoms with Crippen LogP contribution in [0.4, 0.5) is 0 Å². The van der Waals surface area contributed by atoms with Crippen LogP contribution in [-0.2, 0) is 11.2 Å². The fourth-order valence-electron chi connectivity index (χ4n) is 0.981. The van der Waals surface area contributed by atoms with Gasteiger partial charge in [-0.3, -0.25) is 9.78 Å².